The molecule has 0 spiro atoms. The Morgan fingerprint density at radius 1 is 1.41 bits per heavy atom. The predicted octanol–water partition coefficient (Wildman–Crippen LogP) is 2.75. The Hall–Kier alpha value is -0.460. The summed E-state index contributed by atoms with van der Waals surface area (Å²) in [7, 11) is -1.34. The van der Waals surface area contributed by atoms with Gasteiger partial charge in [-0.25, -0.2) is 17.7 Å². The summed E-state index contributed by atoms with van der Waals surface area (Å²) in [6.07, 6.45) is 2.24. The van der Waals surface area contributed by atoms with E-state index in [1.54, 1.807) is 22.7 Å². The first kappa shape index (κ1) is 24.6. The smallest absolute Gasteiger partial charge is 0.214 e. The molecule has 1 aromatic rings. The average Bonchev–Trinajstić information content (AvgIpc) is 3.08. The molecule has 0 radical (unpaired) electrons. The number of hydrogen-bond donors (Lipinski definition) is 2. The van der Waals surface area contributed by atoms with Crippen molar-refractivity contribution in [1.29, 1.82) is 0 Å². The normalized spacial score (nSPS) is 17.0. The van der Waals surface area contributed by atoms with E-state index in [1.807, 2.05) is 6.92 Å². The molecule has 0 bridgehead atoms. The lowest BCUT2D eigenvalue weighted by molar-refractivity contribution is 0.306. The van der Waals surface area contributed by atoms with Crippen molar-refractivity contribution in [3.8, 4) is 0 Å². The van der Waals surface area contributed by atoms with E-state index >= 15 is 0 Å². The molecular formula is C17H32IN5O2S2. The highest BCUT2D eigenvalue weighted by Crippen LogP contribution is 2.19. The summed E-state index contributed by atoms with van der Waals surface area (Å²) in [5.41, 5.74) is 1.02. The maximum atomic E-state index is 12.1. The third-order valence-corrected chi connectivity index (χ3v) is 7.64. The zero-order valence-electron chi connectivity index (χ0n) is 16.6. The second-order valence-corrected chi connectivity index (χ2v) is 9.87. The van der Waals surface area contributed by atoms with Gasteiger partial charge >= 0.3 is 0 Å². The summed E-state index contributed by atoms with van der Waals surface area (Å²) in [5.74, 6) is 1.42. The molecule has 2 rings (SSSR count). The first-order valence-electron chi connectivity index (χ1n) is 9.25. The molecule has 27 heavy (non-hydrogen) atoms. The number of thiazole rings is 1. The van der Waals surface area contributed by atoms with Gasteiger partial charge in [-0.15, -0.1) is 35.3 Å². The number of halogens is 1. The molecule has 2 N–H and O–H groups in total. The lowest BCUT2D eigenvalue weighted by atomic mass is 10.1. The number of rotatable bonds is 7. The average molecular weight is 530 g/mol. The van der Waals surface area contributed by atoms with Crippen LogP contribution in [0.5, 0.6) is 0 Å². The Balaban J connectivity index is 0.00000364. The van der Waals surface area contributed by atoms with E-state index < -0.39 is 10.0 Å². The van der Waals surface area contributed by atoms with Crippen LogP contribution < -0.4 is 10.6 Å². The van der Waals surface area contributed by atoms with Gasteiger partial charge in [0.15, 0.2) is 5.96 Å². The van der Waals surface area contributed by atoms with Crippen LogP contribution in [0.25, 0.3) is 0 Å². The maximum absolute atomic E-state index is 12.1. The van der Waals surface area contributed by atoms with Crippen LogP contribution in [0.1, 0.15) is 56.7 Å². The second-order valence-electron chi connectivity index (χ2n) is 6.89. The Bertz CT molecular complexity index is 698. The highest BCUT2D eigenvalue weighted by Gasteiger charge is 2.27. The SMILES string of the molecule is CCCS(=O)(=O)N1CCC(NC(=NC)NCc2csc(C(C)C)n2)CC1.I. The molecular weight excluding hydrogens is 497 g/mol. The molecule has 0 saturated carbocycles. The van der Waals surface area contributed by atoms with Gasteiger partial charge in [-0.05, 0) is 19.3 Å². The van der Waals surface area contributed by atoms with E-state index in [4.69, 9.17) is 0 Å². The molecule has 0 unspecified atom stereocenters. The number of aromatic nitrogens is 1. The fourth-order valence-corrected chi connectivity index (χ4v) is 5.27. The van der Waals surface area contributed by atoms with Crippen LogP contribution in [0.3, 0.4) is 0 Å². The van der Waals surface area contributed by atoms with E-state index in [1.165, 1.54) is 0 Å². The molecule has 156 valence electrons. The van der Waals surface area contributed by atoms with Gasteiger partial charge < -0.3 is 10.6 Å². The van der Waals surface area contributed by atoms with Crippen molar-refractivity contribution in [3.05, 3.63) is 16.1 Å². The number of guanidine groups is 1. The van der Waals surface area contributed by atoms with Gasteiger partial charge in [0.25, 0.3) is 0 Å². The Morgan fingerprint density at radius 3 is 2.59 bits per heavy atom. The van der Waals surface area contributed by atoms with Gasteiger partial charge in [0.05, 0.1) is 23.0 Å². The summed E-state index contributed by atoms with van der Waals surface area (Å²) in [5, 5.41) is 9.92. The molecule has 0 atom stereocenters. The molecule has 10 heteroatoms. The number of piperidine rings is 1. The molecule has 1 saturated heterocycles. The summed E-state index contributed by atoms with van der Waals surface area (Å²) < 4.78 is 25.9. The fraction of sp³-hybridized carbons (Fsp3) is 0.765. The number of hydrogen-bond acceptors (Lipinski definition) is 5. The first-order chi connectivity index (χ1) is 12.4. The van der Waals surface area contributed by atoms with Crippen LogP contribution in [-0.4, -0.2) is 55.6 Å². The standard InChI is InChI=1S/C17H31N5O2S2.HI/c1-5-10-26(23,24)22-8-6-14(7-9-22)21-17(18-4)19-11-15-12-25-16(20-15)13(2)3;/h12-14H,5-11H2,1-4H3,(H2,18,19,21);1H. The third kappa shape index (κ3) is 7.47. The molecule has 1 aromatic heterocycles. The molecule has 1 aliphatic heterocycles. The number of nitrogens with one attached hydrogen (secondary N) is 2. The molecule has 7 nitrogen and oxygen atoms in total. The van der Waals surface area contributed by atoms with Crippen molar-refractivity contribution in [2.45, 2.75) is 58.5 Å². The van der Waals surface area contributed by atoms with Crippen molar-refractivity contribution in [2.75, 3.05) is 25.9 Å². The van der Waals surface area contributed by atoms with Gasteiger partial charge in [0, 0.05) is 37.5 Å². The van der Waals surface area contributed by atoms with Gasteiger partial charge in [0.1, 0.15) is 0 Å². The Kier molecular flexibility index (Phi) is 10.5. The highest BCUT2D eigenvalue weighted by atomic mass is 127. The molecule has 1 fully saturated rings. The van der Waals surface area contributed by atoms with Crippen LogP contribution in [-0.2, 0) is 16.6 Å². The van der Waals surface area contributed by atoms with E-state index in [0.29, 0.717) is 32.0 Å². The zero-order chi connectivity index (χ0) is 19.2. The van der Waals surface area contributed by atoms with E-state index in [0.717, 1.165) is 29.5 Å². The number of nitrogens with zero attached hydrogens (tertiary/aromatic N) is 3. The van der Waals surface area contributed by atoms with Crippen LogP contribution >= 0.6 is 35.3 Å². The minimum atomic E-state index is -3.09. The van der Waals surface area contributed by atoms with Crippen LogP contribution in [0.15, 0.2) is 10.4 Å². The topological polar surface area (TPSA) is 86.7 Å². The minimum Gasteiger partial charge on any atom is -0.354 e. The second kappa shape index (κ2) is 11.5. The summed E-state index contributed by atoms with van der Waals surface area (Å²) in [6, 6.07) is 0.232. The highest BCUT2D eigenvalue weighted by molar-refractivity contribution is 14.0. The van der Waals surface area contributed by atoms with Gasteiger partial charge in [-0.3, -0.25) is 4.99 Å². The summed E-state index contributed by atoms with van der Waals surface area (Å²) >= 11 is 1.69. The van der Waals surface area contributed by atoms with Crippen molar-refractivity contribution >= 4 is 51.3 Å². The number of sulfonamides is 1. The van der Waals surface area contributed by atoms with Gasteiger partial charge in [0.2, 0.25) is 10.0 Å². The monoisotopic (exact) mass is 529 g/mol. The lowest BCUT2D eigenvalue weighted by Gasteiger charge is -2.32. The van der Waals surface area contributed by atoms with E-state index in [9.17, 15) is 8.42 Å². The fourth-order valence-electron chi connectivity index (χ4n) is 2.90. The van der Waals surface area contributed by atoms with E-state index in [-0.39, 0.29) is 35.8 Å². The Morgan fingerprint density at radius 2 is 2.07 bits per heavy atom. The van der Waals surface area contributed by atoms with Crippen molar-refractivity contribution in [2.24, 2.45) is 4.99 Å². The molecule has 0 aromatic carbocycles. The van der Waals surface area contributed by atoms with Crippen molar-refractivity contribution in [1.82, 2.24) is 19.9 Å². The maximum Gasteiger partial charge on any atom is 0.214 e. The third-order valence-electron chi connectivity index (χ3n) is 4.37. The molecule has 0 aliphatic carbocycles. The quantitative estimate of drug-likeness (QED) is 0.322. The van der Waals surface area contributed by atoms with E-state index in [2.05, 4.69) is 39.8 Å². The minimum absolute atomic E-state index is 0. The van der Waals surface area contributed by atoms with Crippen molar-refractivity contribution in [3.63, 3.8) is 0 Å². The largest absolute Gasteiger partial charge is 0.354 e. The van der Waals surface area contributed by atoms with Crippen LogP contribution in [0.2, 0.25) is 0 Å². The van der Waals surface area contributed by atoms with Crippen LogP contribution in [0.4, 0.5) is 0 Å². The Labute approximate surface area is 184 Å². The molecule has 2 heterocycles. The van der Waals surface area contributed by atoms with Gasteiger partial charge in [-0.2, -0.15) is 0 Å². The summed E-state index contributed by atoms with van der Waals surface area (Å²) in [4.78, 5) is 8.89. The van der Waals surface area contributed by atoms with Gasteiger partial charge in [-0.1, -0.05) is 20.8 Å². The van der Waals surface area contributed by atoms with Crippen LogP contribution in [0, 0.1) is 0 Å². The van der Waals surface area contributed by atoms with Crippen molar-refractivity contribution < 1.29 is 8.42 Å². The lowest BCUT2D eigenvalue weighted by Crippen LogP contribution is -2.49. The first-order valence-corrected chi connectivity index (χ1v) is 11.7. The zero-order valence-corrected chi connectivity index (χ0v) is 20.5. The molecule has 0 amide bonds. The summed E-state index contributed by atoms with van der Waals surface area (Å²) in [6.45, 7) is 7.95. The predicted molar refractivity (Wildman–Crippen MR) is 124 cm³/mol. The molecule has 1 aliphatic rings. The number of aliphatic imine (C=N–C) groups is 1.